The van der Waals surface area contributed by atoms with Crippen LogP contribution in [0.1, 0.15) is 46.3 Å². The summed E-state index contributed by atoms with van der Waals surface area (Å²) in [6.45, 7) is 4.54. The molecule has 0 unspecified atom stereocenters. The van der Waals surface area contributed by atoms with Crippen molar-refractivity contribution in [2.75, 3.05) is 25.5 Å². The number of carbonyl (C=O) groups excluding carboxylic acids is 1. The van der Waals surface area contributed by atoms with Gasteiger partial charge in [-0.05, 0) is 38.8 Å². The van der Waals surface area contributed by atoms with Crippen LogP contribution in [0.25, 0.3) is 11.3 Å². The molecule has 8 nitrogen and oxygen atoms in total. The Balaban J connectivity index is 1.80. The Bertz CT molecular complexity index is 1030. The summed E-state index contributed by atoms with van der Waals surface area (Å²) in [5.41, 5.74) is 3.78. The highest BCUT2D eigenvalue weighted by atomic mass is 16.5. The third kappa shape index (κ3) is 3.46. The molecule has 0 aliphatic carbocycles. The molecular weight excluding hydrogens is 368 g/mol. The van der Waals surface area contributed by atoms with E-state index in [0.29, 0.717) is 23.9 Å². The highest BCUT2D eigenvalue weighted by molar-refractivity contribution is 5.92. The maximum atomic E-state index is 13.1. The molecule has 29 heavy (non-hydrogen) atoms. The first kappa shape index (κ1) is 19.0. The molecule has 1 fully saturated rings. The lowest BCUT2D eigenvalue weighted by atomic mass is 10.0. The number of rotatable bonds is 4. The van der Waals surface area contributed by atoms with Crippen LogP contribution in [-0.4, -0.2) is 51.6 Å². The van der Waals surface area contributed by atoms with Crippen LogP contribution in [0, 0.1) is 13.8 Å². The zero-order chi connectivity index (χ0) is 20.5. The minimum atomic E-state index is -0.175. The summed E-state index contributed by atoms with van der Waals surface area (Å²) in [5, 5.41) is 4.09. The van der Waals surface area contributed by atoms with Gasteiger partial charge in [0.25, 0.3) is 5.91 Å². The van der Waals surface area contributed by atoms with E-state index >= 15 is 0 Å². The fourth-order valence-electron chi connectivity index (χ4n) is 3.63. The molecule has 3 aromatic heterocycles. The highest BCUT2D eigenvalue weighted by Crippen LogP contribution is 2.39. The lowest BCUT2D eigenvalue weighted by molar-refractivity contribution is 0.0727. The average Bonchev–Trinajstić information content (AvgIpc) is 3.35. The smallest absolute Gasteiger partial charge is 0.273 e. The van der Waals surface area contributed by atoms with Gasteiger partial charge in [-0.2, -0.15) is 0 Å². The SMILES string of the molecule is Cc1noc(-c2cnc(N(C)C)nc2[C@H]2CCCN2C(=O)c2ccccn2)c1C. The largest absolute Gasteiger partial charge is 0.356 e. The Labute approximate surface area is 169 Å². The van der Waals surface area contributed by atoms with Gasteiger partial charge in [-0.1, -0.05) is 11.2 Å². The summed E-state index contributed by atoms with van der Waals surface area (Å²) < 4.78 is 5.60. The van der Waals surface area contributed by atoms with Gasteiger partial charge in [-0.3, -0.25) is 9.78 Å². The molecule has 0 aromatic carbocycles. The Kier molecular flexibility index (Phi) is 5.00. The molecule has 3 aromatic rings. The van der Waals surface area contributed by atoms with E-state index < -0.39 is 0 Å². The Morgan fingerprint density at radius 2 is 2.07 bits per heavy atom. The number of anilines is 1. The van der Waals surface area contributed by atoms with Crippen molar-refractivity contribution >= 4 is 11.9 Å². The molecule has 1 aliphatic heterocycles. The van der Waals surface area contributed by atoms with Gasteiger partial charge in [-0.15, -0.1) is 0 Å². The van der Waals surface area contributed by atoms with Gasteiger partial charge in [-0.25, -0.2) is 9.97 Å². The third-order valence-electron chi connectivity index (χ3n) is 5.32. The number of pyridine rings is 1. The molecule has 0 spiro atoms. The molecule has 150 valence electrons. The molecule has 8 heteroatoms. The first-order valence-electron chi connectivity index (χ1n) is 9.67. The lowest BCUT2D eigenvalue weighted by Crippen LogP contribution is -2.32. The maximum Gasteiger partial charge on any atom is 0.273 e. The molecule has 1 atom stereocenters. The Hall–Kier alpha value is -3.29. The van der Waals surface area contributed by atoms with E-state index in [9.17, 15) is 4.79 Å². The van der Waals surface area contributed by atoms with Gasteiger partial charge < -0.3 is 14.3 Å². The van der Waals surface area contributed by atoms with Gasteiger partial charge in [0.1, 0.15) is 5.69 Å². The van der Waals surface area contributed by atoms with Crippen molar-refractivity contribution in [1.29, 1.82) is 0 Å². The summed E-state index contributed by atoms with van der Waals surface area (Å²) in [6, 6.07) is 5.20. The van der Waals surface area contributed by atoms with Gasteiger partial charge in [0.05, 0.1) is 23.0 Å². The van der Waals surface area contributed by atoms with Gasteiger partial charge >= 0.3 is 0 Å². The molecule has 1 aliphatic rings. The minimum Gasteiger partial charge on any atom is -0.356 e. The third-order valence-corrected chi connectivity index (χ3v) is 5.32. The van der Waals surface area contributed by atoms with E-state index in [1.807, 2.05) is 43.8 Å². The number of aromatic nitrogens is 4. The van der Waals surface area contributed by atoms with Crippen molar-refractivity contribution in [3.8, 4) is 11.3 Å². The van der Waals surface area contributed by atoms with Crippen LogP contribution in [0.15, 0.2) is 35.1 Å². The minimum absolute atomic E-state index is 0.0884. The molecule has 1 saturated heterocycles. The molecular formula is C21H24N6O2. The number of hydrogen-bond donors (Lipinski definition) is 0. The second-order valence-corrected chi connectivity index (χ2v) is 7.46. The summed E-state index contributed by atoms with van der Waals surface area (Å²) in [4.78, 5) is 30.4. The fourth-order valence-corrected chi connectivity index (χ4v) is 3.63. The molecule has 0 bridgehead atoms. The van der Waals surface area contributed by atoms with Crippen LogP contribution in [-0.2, 0) is 0 Å². The summed E-state index contributed by atoms with van der Waals surface area (Å²) >= 11 is 0. The number of aryl methyl sites for hydroxylation is 1. The predicted molar refractivity (Wildman–Crippen MR) is 109 cm³/mol. The first-order valence-corrected chi connectivity index (χ1v) is 9.67. The van der Waals surface area contributed by atoms with Crippen molar-refractivity contribution < 1.29 is 9.32 Å². The van der Waals surface area contributed by atoms with Crippen LogP contribution in [0.5, 0.6) is 0 Å². The molecule has 0 saturated carbocycles. The zero-order valence-electron chi connectivity index (χ0n) is 17.1. The summed E-state index contributed by atoms with van der Waals surface area (Å²) in [7, 11) is 3.79. The normalized spacial score (nSPS) is 16.3. The lowest BCUT2D eigenvalue weighted by Gasteiger charge is -2.26. The van der Waals surface area contributed by atoms with Crippen molar-refractivity contribution in [3.63, 3.8) is 0 Å². The average molecular weight is 392 g/mol. The van der Waals surface area contributed by atoms with Gasteiger partial charge in [0.15, 0.2) is 5.76 Å². The number of hydrogen-bond acceptors (Lipinski definition) is 7. The second-order valence-electron chi connectivity index (χ2n) is 7.46. The van der Waals surface area contributed by atoms with Crippen LogP contribution in [0.2, 0.25) is 0 Å². The fraction of sp³-hybridized carbons (Fsp3) is 0.381. The number of nitrogens with zero attached hydrogens (tertiary/aromatic N) is 6. The summed E-state index contributed by atoms with van der Waals surface area (Å²) in [6.07, 6.45) is 5.13. The second kappa shape index (κ2) is 7.62. The zero-order valence-corrected chi connectivity index (χ0v) is 17.1. The number of amides is 1. The van der Waals surface area contributed by atoms with Gasteiger partial charge in [0, 0.05) is 38.6 Å². The summed E-state index contributed by atoms with van der Waals surface area (Å²) in [5.74, 6) is 1.16. The number of carbonyl (C=O) groups is 1. The van der Waals surface area contributed by atoms with E-state index in [-0.39, 0.29) is 11.9 Å². The standard InChI is InChI=1S/C21H24N6O2/c1-13-14(2)25-29-19(13)15-12-23-21(26(3)4)24-18(15)17-9-7-11-27(17)20(28)16-8-5-6-10-22-16/h5-6,8,10,12,17H,7,9,11H2,1-4H3/t17-/m1/s1. The highest BCUT2D eigenvalue weighted by Gasteiger charge is 2.35. The maximum absolute atomic E-state index is 13.1. The van der Waals surface area contributed by atoms with E-state index in [2.05, 4.69) is 15.1 Å². The monoisotopic (exact) mass is 392 g/mol. The van der Waals surface area contributed by atoms with Crippen LogP contribution in [0.4, 0.5) is 5.95 Å². The molecule has 0 N–H and O–H groups in total. The van der Waals surface area contributed by atoms with Crippen molar-refractivity contribution in [1.82, 2.24) is 25.0 Å². The van der Waals surface area contributed by atoms with Crippen molar-refractivity contribution in [2.45, 2.75) is 32.7 Å². The van der Waals surface area contributed by atoms with Crippen LogP contribution < -0.4 is 4.90 Å². The first-order chi connectivity index (χ1) is 14.0. The molecule has 4 heterocycles. The number of likely N-dealkylation sites (tertiary alicyclic amines) is 1. The van der Waals surface area contributed by atoms with E-state index in [0.717, 1.165) is 35.4 Å². The quantitative estimate of drug-likeness (QED) is 0.674. The van der Waals surface area contributed by atoms with Crippen LogP contribution >= 0.6 is 0 Å². The Morgan fingerprint density at radius 3 is 2.72 bits per heavy atom. The molecule has 1 amide bonds. The van der Waals surface area contributed by atoms with Crippen molar-refractivity contribution in [2.24, 2.45) is 0 Å². The van der Waals surface area contributed by atoms with E-state index in [1.54, 1.807) is 24.5 Å². The molecule has 0 radical (unpaired) electrons. The van der Waals surface area contributed by atoms with Crippen LogP contribution in [0.3, 0.4) is 0 Å². The predicted octanol–water partition coefficient (Wildman–Crippen LogP) is 3.19. The Morgan fingerprint density at radius 1 is 1.24 bits per heavy atom. The van der Waals surface area contributed by atoms with E-state index in [1.165, 1.54) is 0 Å². The van der Waals surface area contributed by atoms with Crippen molar-refractivity contribution in [3.05, 3.63) is 53.2 Å². The molecule has 4 rings (SSSR count). The van der Waals surface area contributed by atoms with Gasteiger partial charge in [0.2, 0.25) is 5.95 Å². The topological polar surface area (TPSA) is 88.3 Å². The van der Waals surface area contributed by atoms with E-state index in [4.69, 9.17) is 9.51 Å².